The molecule has 0 aromatic carbocycles. The van der Waals surface area contributed by atoms with Gasteiger partial charge in [0.05, 0.1) is 31.8 Å². The van der Waals surface area contributed by atoms with Crippen LogP contribution in [0.25, 0.3) is 0 Å². The fourth-order valence-electron chi connectivity index (χ4n) is 3.09. The number of ether oxygens (including phenoxy) is 1. The van der Waals surface area contributed by atoms with Crippen molar-refractivity contribution in [3.8, 4) is 0 Å². The third-order valence-corrected chi connectivity index (χ3v) is 4.65. The molecule has 0 bridgehead atoms. The van der Waals surface area contributed by atoms with Gasteiger partial charge < -0.3 is 19.4 Å². The van der Waals surface area contributed by atoms with Gasteiger partial charge in [0.1, 0.15) is 5.60 Å². The Hall–Kier alpha value is -1.36. The Labute approximate surface area is 144 Å². The quantitative estimate of drug-likeness (QED) is 0.710. The van der Waals surface area contributed by atoms with Gasteiger partial charge in [-0.1, -0.05) is 17.7 Å². The minimum Gasteiger partial charge on any atom is -0.472 e. The normalized spacial score (nSPS) is 22.3. The van der Waals surface area contributed by atoms with Crippen molar-refractivity contribution in [2.45, 2.75) is 64.1 Å². The van der Waals surface area contributed by atoms with Crippen LogP contribution in [-0.4, -0.2) is 35.1 Å². The van der Waals surface area contributed by atoms with Crippen molar-refractivity contribution in [2.75, 3.05) is 13.2 Å². The molecule has 4 nitrogen and oxygen atoms in total. The molecule has 1 saturated heterocycles. The number of allylic oxidation sites excluding steroid dienone is 3. The van der Waals surface area contributed by atoms with Crippen LogP contribution in [0, 0.1) is 0 Å². The van der Waals surface area contributed by atoms with E-state index in [1.54, 1.807) is 12.5 Å². The summed E-state index contributed by atoms with van der Waals surface area (Å²) in [6.07, 6.45) is 12.4. The number of hydrogen-bond acceptors (Lipinski definition) is 4. The van der Waals surface area contributed by atoms with E-state index in [1.807, 2.05) is 19.9 Å². The fraction of sp³-hybridized carbons (Fsp3) is 0.600. The Bertz CT molecular complexity index is 530. The van der Waals surface area contributed by atoms with Crippen LogP contribution >= 0.6 is 0 Å². The summed E-state index contributed by atoms with van der Waals surface area (Å²) in [6, 6.07) is 1.99. The molecule has 0 radical (unpaired) electrons. The minimum absolute atomic E-state index is 0.256. The lowest BCUT2D eigenvalue weighted by atomic mass is 9.86. The van der Waals surface area contributed by atoms with E-state index in [9.17, 15) is 10.2 Å². The highest BCUT2D eigenvalue weighted by molar-refractivity contribution is 5.11. The van der Waals surface area contributed by atoms with Crippen molar-refractivity contribution >= 4 is 0 Å². The minimum atomic E-state index is -1.14. The van der Waals surface area contributed by atoms with Gasteiger partial charge in [0.15, 0.2) is 0 Å². The number of hydrogen-bond donors (Lipinski definition) is 2. The molecule has 1 fully saturated rings. The predicted octanol–water partition coefficient (Wildman–Crippen LogP) is 3.79. The van der Waals surface area contributed by atoms with Crippen LogP contribution in [-0.2, 0) is 11.2 Å². The molecular weight excluding hydrogens is 304 g/mol. The van der Waals surface area contributed by atoms with Gasteiger partial charge >= 0.3 is 0 Å². The molecule has 0 unspecified atom stereocenters. The molecule has 134 valence electrons. The van der Waals surface area contributed by atoms with Crippen molar-refractivity contribution in [3.05, 3.63) is 47.5 Å². The summed E-state index contributed by atoms with van der Waals surface area (Å²) in [5.74, 6) is 0. The molecule has 0 saturated carbocycles. The Kier molecular flexibility index (Phi) is 7.28. The average Bonchev–Trinajstić information content (AvgIpc) is 3.08. The number of furan rings is 1. The third-order valence-electron chi connectivity index (χ3n) is 4.65. The van der Waals surface area contributed by atoms with Crippen LogP contribution in [0.2, 0.25) is 0 Å². The van der Waals surface area contributed by atoms with Gasteiger partial charge in [-0.25, -0.2) is 0 Å². The van der Waals surface area contributed by atoms with Gasteiger partial charge in [-0.15, -0.1) is 0 Å². The number of aliphatic hydroxyl groups excluding tert-OH is 1. The lowest BCUT2D eigenvalue weighted by molar-refractivity contribution is -0.141. The van der Waals surface area contributed by atoms with Crippen molar-refractivity contribution in [1.82, 2.24) is 0 Å². The Morgan fingerprint density at radius 3 is 2.79 bits per heavy atom. The standard InChI is InChI=1S/C20H30O4/c1-16(2)5-4-11-20(22,15-21)19-9-8-17(14-24-19)6-3-7-18-10-12-23-13-18/h5-6,10,12-13,19,21-22H,3-4,7-9,11,14-15H2,1-2H3/t19-,20+/m1/s1. The smallest absolute Gasteiger partial charge is 0.114 e. The molecule has 2 rings (SSSR count). The molecule has 1 aromatic rings. The summed E-state index contributed by atoms with van der Waals surface area (Å²) in [7, 11) is 0. The lowest BCUT2D eigenvalue weighted by Crippen LogP contribution is -2.48. The fourth-order valence-corrected chi connectivity index (χ4v) is 3.09. The maximum atomic E-state index is 10.7. The van der Waals surface area contributed by atoms with Gasteiger partial charge in [0.2, 0.25) is 0 Å². The second kappa shape index (κ2) is 9.21. The van der Waals surface area contributed by atoms with Crippen LogP contribution < -0.4 is 0 Å². The van der Waals surface area contributed by atoms with Crippen molar-refractivity contribution < 1.29 is 19.4 Å². The number of aryl methyl sites for hydroxylation is 1. The predicted molar refractivity (Wildman–Crippen MR) is 94.8 cm³/mol. The van der Waals surface area contributed by atoms with Gasteiger partial charge in [0.25, 0.3) is 0 Å². The zero-order valence-corrected chi connectivity index (χ0v) is 14.8. The first-order chi connectivity index (χ1) is 11.5. The van der Waals surface area contributed by atoms with E-state index in [2.05, 4.69) is 12.2 Å². The number of aliphatic hydroxyl groups is 2. The SMILES string of the molecule is CC(C)=CCC[C@](O)(CO)[C@H]1CCC(=CCCc2ccoc2)CO1. The second-order valence-corrected chi connectivity index (χ2v) is 6.95. The first-order valence-corrected chi connectivity index (χ1v) is 8.80. The summed E-state index contributed by atoms with van der Waals surface area (Å²) in [4.78, 5) is 0. The van der Waals surface area contributed by atoms with Gasteiger partial charge in [-0.05, 0) is 69.6 Å². The Morgan fingerprint density at radius 1 is 1.38 bits per heavy atom. The maximum Gasteiger partial charge on any atom is 0.114 e. The van der Waals surface area contributed by atoms with Crippen LogP contribution in [0.4, 0.5) is 0 Å². The zero-order valence-electron chi connectivity index (χ0n) is 14.8. The highest BCUT2D eigenvalue weighted by Crippen LogP contribution is 2.30. The molecule has 2 N–H and O–H groups in total. The molecular formula is C20H30O4. The molecule has 2 heterocycles. The molecule has 1 aromatic heterocycles. The number of rotatable bonds is 8. The summed E-state index contributed by atoms with van der Waals surface area (Å²) in [6.45, 7) is 4.36. The molecule has 0 aliphatic carbocycles. The topological polar surface area (TPSA) is 62.8 Å². The van der Waals surface area contributed by atoms with E-state index >= 15 is 0 Å². The molecule has 0 spiro atoms. The monoisotopic (exact) mass is 334 g/mol. The van der Waals surface area contributed by atoms with E-state index in [1.165, 1.54) is 16.7 Å². The Morgan fingerprint density at radius 2 is 2.21 bits per heavy atom. The third kappa shape index (κ3) is 5.62. The Balaban J connectivity index is 1.80. The van der Waals surface area contributed by atoms with Gasteiger partial charge in [-0.2, -0.15) is 0 Å². The van der Waals surface area contributed by atoms with Crippen LogP contribution in [0.5, 0.6) is 0 Å². The zero-order chi connectivity index (χ0) is 17.4. The van der Waals surface area contributed by atoms with Crippen LogP contribution in [0.1, 0.15) is 51.5 Å². The van der Waals surface area contributed by atoms with E-state index in [-0.39, 0.29) is 12.7 Å². The molecule has 1 aliphatic heterocycles. The molecule has 0 amide bonds. The summed E-state index contributed by atoms with van der Waals surface area (Å²) >= 11 is 0. The van der Waals surface area contributed by atoms with Gasteiger partial charge in [-0.3, -0.25) is 0 Å². The summed E-state index contributed by atoms with van der Waals surface area (Å²) < 4.78 is 10.9. The van der Waals surface area contributed by atoms with Crippen LogP contribution in [0.15, 0.2) is 46.3 Å². The second-order valence-electron chi connectivity index (χ2n) is 6.95. The molecule has 2 atom stereocenters. The summed E-state index contributed by atoms with van der Waals surface area (Å²) in [5.41, 5.74) is 2.56. The first kappa shape index (κ1) is 19.0. The molecule has 1 aliphatic rings. The first-order valence-electron chi connectivity index (χ1n) is 8.80. The molecule has 24 heavy (non-hydrogen) atoms. The van der Waals surface area contributed by atoms with Crippen molar-refractivity contribution in [2.24, 2.45) is 0 Å². The van der Waals surface area contributed by atoms with Gasteiger partial charge in [0, 0.05) is 0 Å². The highest BCUT2D eigenvalue weighted by atomic mass is 16.5. The van der Waals surface area contributed by atoms with Crippen molar-refractivity contribution in [3.63, 3.8) is 0 Å². The highest BCUT2D eigenvalue weighted by Gasteiger charge is 2.38. The average molecular weight is 334 g/mol. The van der Waals surface area contributed by atoms with E-state index in [0.717, 1.165) is 32.1 Å². The van der Waals surface area contributed by atoms with E-state index < -0.39 is 5.60 Å². The molecule has 4 heteroatoms. The lowest BCUT2D eigenvalue weighted by Gasteiger charge is -2.37. The largest absolute Gasteiger partial charge is 0.472 e. The van der Waals surface area contributed by atoms with Crippen LogP contribution in [0.3, 0.4) is 0 Å². The summed E-state index contributed by atoms with van der Waals surface area (Å²) in [5, 5.41) is 20.4. The van der Waals surface area contributed by atoms with E-state index in [4.69, 9.17) is 9.15 Å². The maximum absolute atomic E-state index is 10.7. The van der Waals surface area contributed by atoms with Crippen molar-refractivity contribution in [1.29, 1.82) is 0 Å². The van der Waals surface area contributed by atoms with E-state index in [0.29, 0.717) is 13.0 Å².